The van der Waals surface area contributed by atoms with E-state index in [-0.39, 0.29) is 11.7 Å². The van der Waals surface area contributed by atoms with Crippen LogP contribution in [-0.4, -0.2) is 28.9 Å². The zero-order valence-corrected chi connectivity index (χ0v) is 13.0. The molecule has 2 amide bonds. The molecular formula is C18H17N3O3. The number of hydrogen-bond acceptors (Lipinski definition) is 3. The second kappa shape index (κ2) is 6.95. The van der Waals surface area contributed by atoms with E-state index in [2.05, 4.69) is 23.5 Å². The highest BCUT2D eigenvalue weighted by Gasteiger charge is 2.18. The van der Waals surface area contributed by atoms with Crippen molar-refractivity contribution in [3.8, 4) is 0 Å². The Balaban J connectivity index is 1.61. The number of non-ortho nitro benzene ring substituents is 1. The summed E-state index contributed by atoms with van der Waals surface area (Å²) in [6.45, 7) is 1.18. The summed E-state index contributed by atoms with van der Waals surface area (Å²) in [6, 6.07) is 15.7. The van der Waals surface area contributed by atoms with Gasteiger partial charge in [-0.2, -0.15) is 0 Å². The number of nitro benzene ring substituents is 1. The van der Waals surface area contributed by atoms with E-state index in [1.165, 1.54) is 35.4 Å². The third-order valence-corrected chi connectivity index (χ3v) is 3.97. The molecule has 0 aromatic heterocycles. The van der Waals surface area contributed by atoms with Gasteiger partial charge in [-0.15, -0.1) is 0 Å². The SMILES string of the molecule is O=C(Nc1ccc([N+](=O)[O-])cc1)N1CC=C(c2ccccc2)CC1. The fourth-order valence-electron chi connectivity index (χ4n) is 2.64. The summed E-state index contributed by atoms with van der Waals surface area (Å²) < 4.78 is 0. The Morgan fingerprint density at radius 1 is 1.08 bits per heavy atom. The number of nitro groups is 1. The minimum atomic E-state index is -0.466. The van der Waals surface area contributed by atoms with Crippen LogP contribution in [0.15, 0.2) is 60.7 Å². The number of hydrogen-bond donors (Lipinski definition) is 1. The molecule has 1 N–H and O–H groups in total. The molecule has 0 saturated heterocycles. The number of urea groups is 1. The van der Waals surface area contributed by atoms with Gasteiger partial charge in [0.05, 0.1) is 4.92 Å². The summed E-state index contributed by atoms with van der Waals surface area (Å²) in [5, 5.41) is 13.4. The van der Waals surface area contributed by atoms with Crippen molar-refractivity contribution < 1.29 is 9.72 Å². The van der Waals surface area contributed by atoms with Crippen LogP contribution in [0.5, 0.6) is 0 Å². The third kappa shape index (κ3) is 3.60. The predicted molar refractivity (Wildman–Crippen MR) is 92.7 cm³/mol. The average molecular weight is 323 g/mol. The minimum absolute atomic E-state index is 0.00130. The Kier molecular flexibility index (Phi) is 4.56. The van der Waals surface area contributed by atoms with E-state index in [1.54, 1.807) is 4.90 Å². The van der Waals surface area contributed by atoms with Crippen LogP contribution < -0.4 is 5.32 Å². The molecule has 24 heavy (non-hydrogen) atoms. The van der Waals surface area contributed by atoms with Gasteiger partial charge in [0, 0.05) is 30.9 Å². The van der Waals surface area contributed by atoms with Gasteiger partial charge in [-0.25, -0.2) is 4.79 Å². The topological polar surface area (TPSA) is 75.5 Å². The summed E-state index contributed by atoms with van der Waals surface area (Å²) in [5.74, 6) is 0. The van der Waals surface area contributed by atoms with E-state index in [0.717, 1.165) is 6.42 Å². The predicted octanol–water partition coefficient (Wildman–Crippen LogP) is 3.92. The molecule has 1 aliphatic heterocycles. The lowest BCUT2D eigenvalue weighted by molar-refractivity contribution is -0.384. The van der Waals surface area contributed by atoms with Gasteiger partial charge in [-0.1, -0.05) is 36.4 Å². The number of amides is 2. The Morgan fingerprint density at radius 2 is 1.79 bits per heavy atom. The Morgan fingerprint density at radius 3 is 2.38 bits per heavy atom. The van der Waals surface area contributed by atoms with Gasteiger partial charge >= 0.3 is 6.03 Å². The lowest BCUT2D eigenvalue weighted by Crippen LogP contribution is -2.37. The van der Waals surface area contributed by atoms with Crippen molar-refractivity contribution in [2.45, 2.75) is 6.42 Å². The number of benzene rings is 2. The van der Waals surface area contributed by atoms with E-state index in [9.17, 15) is 14.9 Å². The Hall–Kier alpha value is -3.15. The quantitative estimate of drug-likeness (QED) is 0.687. The molecule has 0 fully saturated rings. The number of anilines is 1. The molecule has 3 rings (SSSR count). The van der Waals surface area contributed by atoms with Gasteiger partial charge in [0.25, 0.3) is 5.69 Å². The first-order chi connectivity index (χ1) is 11.6. The van der Waals surface area contributed by atoms with E-state index in [1.807, 2.05) is 18.2 Å². The van der Waals surface area contributed by atoms with Crippen molar-refractivity contribution in [1.29, 1.82) is 0 Å². The molecule has 1 heterocycles. The second-order valence-corrected chi connectivity index (χ2v) is 5.53. The molecular weight excluding hydrogens is 306 g/mol. The summed E-state index contributed by atoms with van der Waals surface area (Å²) in [6.07, 6.45) is 2.87. The maximum Gasteiger partial charge on any atom is 0.322 e. The molecule has 0 spiro atoms. The van der Waals surface area contributed by atoms with Crippen LogP contribution in [0, 0.1) is 10.1 Å². The van der Waals surface area contributed by atoms with Gasteiger partial charge in [0.2, 0.25) is 0 Å². The van der Waals surface area contributed by atoms with Crippen LogP contribution in [0.3, 0.4) is 0 Å². The van der Waals surface area contributed by atoms with Gasteiger partial charge in [-0.05, 0) is 29.7 Å². The third-order valence-electron chi connectivity index (χ3n) is 3.97. The molecule has 2 aromatic carbocycles. The lowest BCUT2D eigenvalue weighted by atomic mass is 10.00. The standard InChI is InChI=1S/C18H17N3O3/c22-18(19-16-6-8-17(9-7-16)21(23)24)20-12-10-15(11-13-20)14-4-2-1-3-5-14/h1-10H,11-13H2,(H,19,22). The number of nitrogens with one attached hydrogen (secondary N) is 1. The van der Waals surface area contributed by atoms with Gasteiger partial charge in [0.1, 0.15) is 0 Å². The molecule has 6 heteroatoms. The summed E-state index contributed by atoms with van der Waals surface area (Å²) in [5.41, 5.74) is 2.98. The van der Waals surface area contributed by atoms with E-state index in [4.69, 9.17) is 0 Å². The van der Waals surface area contributed by atoms with Crippen molar-refractivity contribution >= 4 is 23.0 Å². The van der Waals surface area contributed by atoms with Crippen LogP contribution in [0.25, 0.3) is 5.57 Å². The fourth-order valence-corrected chi connectivity index (χ4v) is 2.64. The minimum Gasteiger partial charge on any atom is -0.320 e. The zero-order chi connectivity index (χ0) is 16.9. The maximum atomic E-state index is 12.3. The number of rotatable bonds is 3. The first-order valence-electron chi connectivity index (χ1n) is 7.68. The van der Waals surface area contributed by atoms with Gasteiger partial charge < -0.3 is 10.2 Å². The molecule has 0 aliphatic carbocycles. The summed E-state index contributed by atoms with van der Waals surface area (Å²) >= 11 is 0. The number of nitrogens with zero attached hydrogens (tertiary/aromatic N) is 2. The average Bonchev–Trinajstić information content (AvgIpc) is 2.63. The largest absolute Gasteiger partial charge is 0.322 e. The van der Waals surface area contributed by atoms with Crippen molar-refractivity contribution in [3.05, 3.63) is 76.4 Å². The molecule has 6 nitrogen and oxygen atoms in total. The van der Waals surface area contributed by atoms with Crippen LogP contribution >= 0.6 is 0 Å². The molecule has 122 valence electrons. The fraction of sp³-hybridized carbons (Fsp3) is 0.167. The van der Waals surface area contributed by atoms with Crippen LogP contribution in [0.2, 0.25) is 0 Å². The number of carbonyl (C=O) groups excluding carboxylic acids is 1. The molecule has 0 atom stereocenters. The molecule has 0 saturated carbocycles. The van der Waals surface area contributed by atoms with Crippen molar-refractivity contribution in [1.82, 2.24) is 4.90 Å². The van der Waals surface area contributed by atoms with Gasteiger partial charge in [0.15, 0.2) is 0 Å². The first-order valence-corrected chi connectivity index (χ1v) is 7.68. The monoisotopic (exact) mass is 323 g/mol. The first kappa shape index (κ1) is 15.7. The Labute approximate surface area is 139 Å². The molecule has 2 aromatic rings. The highest BCUT2D eigenvalue weighted by atomic mass is 16.6. The Bertz CT molecular complexity index is 770. The normalized spacial score (nSPS) is 14.0. The molecule has 1 aliphatic rings. The van der Waals surface area contributed by atoms with E-state index in [0.29, 0.717) is 18.8 Å². The lowest BCUT2D eigenvalue weighted by Gasteiger charge is -2.26. The van der Waals surface area contributed by atoms with Crippen LogP contribution in [-0.2, 0) is 0 Å². The van der Waals surface area contributed by atoms with E-state index < -0.39 is 4.92 Å². The molecule has 0 radical (unpaired) electrons. The van der Waals surface area contributed by atoms with Crippen molar-refractivity contribution in [3.63, 3.8) is 0 Å². The number of carbonyl (C=O) groups is 1. The smallest absolute Gasteiger partial charge is 0.320 e. The maximum absolute atomic E-state index is 12.3. The van der Waals surface area contributed by atoms with Gasteiger partial charge in [-0.3, -0.25) is 10.1 Å². The summed E-state index contributed by atoms with van der Waals surface area (Å²) in [4.78, 5) is 24.2. The zero-order valence-electron chi connectivity index (χ0n) is 13.0. The van der Waals surface area contributed by atoms with E-state index >= 15 is 0 Å². The van der Waals surface area contributed by atoms with Crippen molar-refractivity contribution in [2.75, 3.05) is 18.4 Å². The van der Waals surface area contributed by atoms with Crippen molar-refractivity contribution in [2.24, 2.45) is 0 Å². The highest BCUT2D eigenvalue weighted by Crippen LogP contribution is 2.22. The van der Waals surface area contributed by atoms with Crippen LogP contribution in [0.1, 0.15) is 12.0 Å². The summed E-state index contributed by atoms with van der Waals surface area (Å²) in [7, 11) is 0. The molecule has 0 bridgehead atoms. The highest BCUT2D eigenvalue weighted by molar-refractivity contribution is 5.90. The molecule has 0 unspecified atom stereocenters. The second-order valence-electron chi connectivity index (χ2n) is 5.53. The van der Waals surface area contributed by atoms with Crippen LogP contribution in [0.4, 0.5) is 16.2 Å².